The van der Waals surface area contributed by atoms with E-state index < -0.39 is 11.3 Å². The van der Waals surface area contributed by atoms with Gasteiger partial charge in [-0.3, -0.25) is 19.2 Å². The average Bonchev–Trinajstić information content (AvgIpc) is 3.67. The Hall–Kier alpha value is -2.64. The Morgan fingerprint density at radius 3 is 2.33 bits per heavy atom. The number of carbonyl (C=O) groups is 3. The molecule has 4 rings (SSSR count). The summed E-state index contributed by atoms with van der Waals surface area (Å²) in [5.41, 5.74) is -0.475. The van der Waals surface area contributed by atoms with E-state index in [9.17, 15) is 19.2 Å². The number of nitrogens with zero attached hydrogens (tertiary/aromatic N) is 2. The molecular formula is C25H35N3O5. The number of esters is 1. The minimum absolute atomic E-state index is 0.0138. The van der Waals surface area contributed by atoms with Gasteiger partial charge in [-0.2, -0.15) is 0 Å². The van der Waals surface area contributed by atoms with Crippen molar-refractivity contribution in [3.05, 3.63) is 33.7 Å². The van der Waals surface area contributed by atoms with Gasteiger partial charge >= 0.3 is 5.97 Å². The highest BCUT2D eigenvalue weighted by molar-refractivity contribution is 5.99. The number of ether oxygens (including phenoxy) is 1. The van der Waals surface area contributed by atoms with Gasteiger partial charge in [-0.15, -0.1) is 0 Å². The molecule has 1 N–H and O–H groups in total. The van der Waals surface area contributed by atoms with Gasteiger partial charge in [0.15, 0.2) is 0 Å². The molecule has 0 spiro atoms. The minimum Gasteiger partial charge on any atom is -0.466 e. The second-order valence-corrected chi connectivity index (χ2v) is 9.60. The van der Waals surface area contributed by atoms with Crippen LogP contribution in [0.25, 0.3) is 0 Å². The van der Waals surface area contributed by atoms with Gasteiger partial charge in [-0.1, -0.05) is 25.7 Å². The van der Waals surface area contributed by atoms with Crippen molar-refractivity contribution in [2.45, 2.75) is 83.2 Å². The maximum absolute atomic E-state index is 13.4. The molecule has 8 heteroatoms. The lowest BCUT2D eigenvalue weighted by Crippen LogP contribution is -2.45. The third kappa shape index (κ3) is 5.65. The Morgan fingerprint density at radius 2 is 1.67 bits per heavy atom. The molecular weight excluding hydrogens is 422 g/mol. The van der Waals surface area contributed by atoms with Crippen LogP contribution in [0.5, 0.6) is 0 Å². The maximum Gasteiger partial charge on any atom is 0.310 e. The molecule has 8 nitrogen and oxygen atoms in total. The zero-order chi connectivity index (χ0) is 23.4. The smallest absolute Gasteiger partial charge is 0.310 e. The molecule has 2 aliphatic carbocycles. The van der Waals surface area contributed by atoms with Gasteiger partial charge in [-0.25, -0.2) is 0 Å². The molecule has 3 fully saturated rings. The van der Waals surface area contributed by atoms with Crippen molar-refractivity contribution < 1.29 is 19.1 Å². The Morgan fingerprint density at radius 1 is 0.970 bits per heavy atom. The van der Waals surface area contributed by atoms with E-state index in [2.05, 4.69) is 5.32 Å². The summed E-state index contributed by atoms with van der Waals surface area (Å²) in [6, 6.07) is 0.288. The highest BCUT2D eigenvalue weighted by atomic mass is 16.5. The molecule has 2 amide bonds. The Bertz CT molecular complexity index is 944. The van der Waals surface area contributed by atoms with Crippen molar-refractivity contribution >= 4 is 17.8 Å². The zero-order valence-electron chi connectivity index (χ0n) is 19.5. The molecule has 0 radical (unpaired) electrons. The number of likely N-dealkylation sites (tertiary alicyclic amines) is 1. The van der Waals surface area contributed by atoms with Crippen LogP contribution in [0.2, 0.25) is 0 Å². The summed E-state index contributed by atoms with van der Waals surface area (Å²) in [4.78, 5) is 53.5. The molecule has 3 aliphatic rings. The van der Waals surface area contributed by atoms with Crippen molar-refractivity contribution in [1.82, 2.24) is 14.8 Å². The molecule has 0 bridgehead atoms. The summed E-state index contributed by atoms with van der Waals surface area (Å²) < 4.78 is 6.98. The van der Waals surface area contributed by atoms with Gasteiger partial charge in [0, 0.05) is 37.6 Å². The van der Waals surface area contributed by atoms with Crippen molar-refractivity contribution in [3.63, 3.8) is 0 Å². The van der Waals surface area contributed by atoms with Crippen LogP contribution in [0, 0.1) is 5.92 Å². The molecule has 0 aromatic carbocycles. The molecule has 0 unspecified atom stereocenters. The Balaban J connectivity index is 1.57. The highest BCUT2D eigenvalue weighted by Crippen LogP contribution is 2.34. The van der Waals surface area contributed by atoms with Crippen molar-refractivity contribution in [2.75, 3.05) is 19.7 Å². The molecule has 180 valence electrons. The van der Waals surface area contributed by atoms with Crippen LogP contribution in [-0.4, -0.2) is 53.0 Å². The van der Waals surface area contributed by atoms with Crippen LogP contribution in [0.1, 0.15) is 97.9 Å². The Kier molecular flexibility index (Phi) is 7.50. The number of hydrogen-bond donors (Lipinski definition) is 1. The minimum atomic E-state index is -0.527. The van der Waals surface area contributed by atoms with E-state index in [1.807, 2.05) is 4.57 Å². The van der Waals surface area contributed by atoms with Crippen molar-refractivity contribution in [3.8, 4) is 0 Å². The first-order valence-corrected chi connectivity index (χ1v) is 12.5. The SMILES string of the molecule is CCOC(=O)[C@H]1CCCN(C(=O)c2cn(C3CC3)cc(C(=O)NC3CCCCCC3)c2=O)C1. The van der Waals surface area contributed by atoms with E-state index in [1.165, 1.54) is 12.8 Å². The fraction of sp³-hybridized carbons (Fsp3) is 0.680. The average molecular weight is 458 g/mol. The lowest BCUT2D eigenvalue weighted by molar-refractivity contribution is -0.149. The van der Waals surface area contributed by atoms with Gasteiger partial charge in [0.1, 0.15) is 11.1 Å². The first kappa shape index (κ1) is 23.5. The number of rotatable bonds is 6. The molecule has 2 saturated carbocycles. The van der Waals surface area contributed by atoms with Crippen LogP contribution in [0.15, 0.2) is 17.2 Å². The summed E-state index contributed by atoms with van der Waals surface area (Å²) in [5, 5.41) is 3.05. The molecule has 1 saturated heterocycles. The van der Waals surface area contributed by atoms with Crippen LogP contribution < -0.4 is 10.7 Å². The van der Waals surface area contributed by atoms with Crippen molar-refractivity contribution in [1.29, 1.82) is 0 Å². The summed E-state index contributed by atoms with van der Waals surface area (Å²) >= 11 is 0. The lowest BCUT2D eigenvalue weighted by Gasteiger charge is -2.31. The third-order valence-electron chi connectivity index (χ3n) is 7.01. The number of pyridine rings is 1. The summed E-state index contributed by atoms with van der Waals surface area (Å²) in [5.74, 6) is -1.48. The van der Waals surface area contributed by atoms with Crippen LogP contribution in [-0.2, 0) is 9.53 Å². The number of carbonyl (C=O) groups excluding carboxylic acids is 3. The molecule has 1 aliphatic heterocycles. The highest BCUT2D eigenvalue weighted by Gasteiger charge is 2.33. The van der Waals surface area contributed by atoms with Crippen LogP contribution in [0.3, 0.4) is 0 Å². The van der Waals surface area contributed by atoms with Gasteiger partial charge < -0.3 is 19.5 Å². The molecule has 1 aromatic heterocycles. The molecule has 2 heterocycles. The number of piperidine rings is 1. The normalized spacial score (nSPS) is 21.8. The third-order valence-corrected chi connectivity index (χ3v) is 7.01. The van der Waals surface area contributed by atoms with Gasteiger partial charge in [-0.05, 0) is 45.4 Å². The number of nitrogens with one attached hydrogen (secondary N) is 1. The summed E-state index contributed by atoms with van der Waals surface area (Å²) in [6.45, 7) is 2.78. The van der Waals surface area contributed by atoms with Crippen LogP contribution >= 0.6 is 0 Å². The maximum atomic E-state index is 13.4. The fourth-order valence-corrected chi connectivity index (χ4v) is 4.97. The second kappa shape index (κ2) is 10.5. The summed E-state index contributed by atoms with van der Waals surface area (Å²) in [7, 11) is 0. The quantitative estimate of drug-likeness (QED) is 0.523. The number of hydrogen-bond acceptors (Lipinski definition) is 5. The topological polar surface area (TPSA) is 97.7 Å². The largest absolute Gasteiger partial charge is 0.466 e. The van der Waals surface area contributed by atoms with Crippen LogP contribution in [0.4, 0.5) is 0 Å². The summed E-state index contributed by atoms with van der Waals surface area (Å²) in [6.07, 6.45) is 12.8. The number of amides is 2. The predicted octanol–water partition coefficient (Wildman–Crippen LogP) is 3.05. The molecule has 1 atom stereocenters. The van der Waals surface area contributed by atoms with Gasteiger partial charge in [0.05, 0.1) is 12.5 Å². The number of aromatic nitrogens is 1. The van der Waals surface area contributed by atoms with E-state index >= 15 is 0 Å². The first-order chi connectivity index (χ1) is 16.0. The second-order valence-electron chi connectivity index (χ2n) is 9.60. The zero-order valence-corrected chi connectivity index (χ0v) is 19.5. The van der Waals surface area contributed by atoms with E-state index in [4.69, 9.17) is 4.74 Å². The first-order valence-electron chi connectivity index (χ1n) is 12.5. The predicted molar refractivity (Wildman–Crippen MR) is 123 cm³/mol. The van der Waals surface area contributed by atoms with Gasteiger partial charge in [0.25, 0.3) is 11.8 Å². The van der Waals surface area contributed by atoms with E-state index in [0.29, 0.717) is 26.0 Å². The van der Waals surface area contributed by atoms with E-state index in [1.54, 1.807) is 24.2 Å². The molecule has 1 aromatic rings. The fourth-order valence-electron chi connectivity index (χ4n) is 4.97. The molecule has 33 heavy (non-hydrogen) atoms. The van der Waals surface area contributed by atoms with E-state index in [0.717, 1.165) is 38.5 Å². The van der Waals surface area contributed by atoms with Gasteiger partial charge in [0.2, 0.25) is 5.43 Å². The van der Waals surface area contributed by atoms with Crippen molar-refractivity contribution in [2.24, 2.45) is 5.92 Å². The lowest BCUT2D eigenvalue weighted by atomic mass is 9.97. The standard InChI is InChI=1S/C25H35N3O5/c1-2-33-25(32)17-8-7-13-27(14-17)24(31)21-16-28(19-11-12-19)15-20(22(21)29)23(30)26-18-9-5-3-4-6-10-18/h15-19H,2-14H2,1H3,(H,26,30)/t17-/m0/s1. The Labute approximate surface area is 194 Å². The monoisotopic (exact) mass is 457 g/mol. The van der Waals surface area contributed by atoms with E-state index in [-0.39, 0.29) is 47.5 Å².